The second-order valence-corrected chi connectivity index (χ2v) is 0.761. The molecule has 0 aliphatic carbocycles. The molecule has 1 amide bonds. The highest BCUT2D eigenvalue weighted by atomic mass is 19.1. The van der Waals surface area contributed by atoms with Crippen molar-refractivity contribution in [3.05, 3.63) is 6.42 Å². The zero-order valence-corrected chi connectivity index (χ0v) is 3.15. The Morgan fingerprint density at radius 1 is 2.00 bits per heavy atom. The Morgan fingerprint density at radius 2 is 2.50 bits per heavy atom. The van der Waals surface area contributed by atoms with E-state index in [0.717, 1.165) is 6.42 Å². The van der Waals surface area contributed by atoms with Crippen molar-refractivity contribution >= 4 is 5.91 Å². The number of nitrogens with two attached hydrogens (primary N) is 1. The van der Waals surface area contributed by atoms with Crippen LogP contribution in [0, 0.1) is 6.42 Å². The average Bonchev–Trinajstić information content (AvgIpc) is 1.35. The van der Waals surface area contributed by atoms with E-state index in [1.54, 1.807) is 0 Å². The van der Waals surface area contributed by atoms with Crippen LogP contribution in [0.4, 0.5) is 4.39 Å². The van der Waals surface area contributed by atoms with Gasteiger partial charge in [-0.1, -0.05) is 0 Å². The summed E-state index contributed by atoms with van der Waals surface area (Å²) < 4.78 is 10.9. The second kappa shape index (κ2) is 2.63. The minimum atomic E-state index is -0.769. The van der Waals surface area contributed by atoms with Gasteiger partial charge in [0.05, 0.1) is 6.42 Å². The number of amides is 1. The van der Waals surface area contributed by atoms with Gasteiger partial charge in [-0.3, -0.25) is 9.18 Å². The molecule has 0 rings (SSSR count). The van der Waals surface area contributed by atoms with Gasteiger partial charge in [0.25, 0.3) is 0 Å². The molecule has 1 radical (unpaired) electrons. The molecule has 0 aliphatic heterocycles. The van der Waals surface area contributed by atoms with Gasteiger partial charge in [0, 0.05) is 0 Å². The lowest BCUT2D eigenvalue weighted by atomic mass is 10.5. The maximum absolute atomic E-state index is 10.9. The van der Waals surface area contributed by atoms with E-state index >= 15 is 0 Å². The largest absolute Gasteiger partial charge is 0.369 e. The molecule has 0 aromatic carbocycles. The molecule has 2 N–H and O–H groups in total. The van der Waals surface area contributed by atoms with Crippen LogP contribution in [0.3, 0.4) is 0 Å². The maximum atomic E-state index is 10.9. The van der Waals surface area contributed by atoms with E-state index in [2.05, 4.69) is 5.73 Å². The number of hydrogen-bond donors (Lipinski definition) is 1. The molecule has 0 bridgehead atoms. The molecule has 0 atom stereocenters. The van der Waals surface area contributed by atoms with Gasteiger partial charge in [0.2, 0.25) is 5.91 Å². The molecular weight excluding hydrogens is 85.0 g/mol. The third-order valence-electron chi connectivity index (χ3n) is 0.278. The fourth-order valence-corrected chi connectivity index (χ4v) is 0.0760. The van der Waals surface area contributed by atoms with Crippen LogP contribution in [-0.4, -0.2) is 12.6 Å². The third-order valence-corrected chi connectivity index (χ3v) is 0.278. The highest BCUT2D eigenvalue weighted by Crippen LogP contribution is 1.71. The first kappa shape index (κ1) is 5.40. The second-order valence-electron chi connectivity index (χ2n) is 0.761. The van der Waals surface area contributed by atoms with Gasteiger partial charge < -0.3 is 5.73 Å². The van der Waals surface area contributed by atoms with Gasteiger partial charge in [-0.25, -0.2) is 0 Å². The summed E-state index contributed by atoms with van der Waals surface area (Å²) in [5, 5.41) is 0. The third kappa shape index (κ3) is 3.40. The molecule has 0 aromatic rings. The smallest absolute Gasteiger partial charge is 0.224 e. The number of alkyl halides is 1. The number of carbonyl (C=O) groups excluding carboxylic acids is 1. The van der Waals surface area contributed by atoms with Crippen molar-refractivity contribution < 1.29 is 9.18 Å². The van der Waals surface area contributed by atoms with Crippen molar-refractivity contribution in [1.29, 1.82) is 0 Å². The number of hydrogen-bond acceptors (Lipinski definition) is 1. The molecule has 0 fully saturated rings. The van der Waals surface area contributed by atoms with Gasteiger partial charge in [-0.15, -0.1) is 0 Å². The maximum Gasteiger partial charge on any atom is 0.224 e. The van der Waals surface area contributed by atoms with Crippen molar-refractivity contribution in [3.8, 4) is 0 Å². The Kier molecular flexibility index (Phi) is 2.36. The van der Waals surface area contributed by atoms with Crippen LogP contribution in [0.1, 0.15) is 0 Å². The lowest BCUT2D eigenvalue weighted by molar-refractivity contribution is -0.115. The van der Waals surface area contributed by atoms with Gasteiger partial charge >= 0.3 is 0 Å². The molecule has 35 valence electrons. The van der Waals surface area contributed by atoms with Crippen LogP contribution in [-0.2, 0) is 4.79 Å². The van der Waals surface area contributed by atoms with Crippen LogP contribution < -0.4 is 5.73 Å². The topological polar surface area (TPSA) is 43.1 Å². The van der Waals surface area contributed by atoms with Gasteiger partial charge in [-0.2, -0.15) is 0 Å². The first-order valence-corrected chi connectivity index (χ1v) is 1.46. The van der Waals surface area contributed by atoms with Crippen molar-refractivity contribution in [3.63, 3.8) is 0 Å². The molecule has 0 saturated carbocycles. The summed E-state index contributed by atoms with van der Waals surface area (Å²) in [7, 11) is 0. The Hall–Kier alpha value is -0.600. The van der Waals surface area contributed by atoms with Crippen molar-refractivity contribution in [2.45, 2.75) is 0 Å². The van der Waals surface area contributed by atoms with E-state index < -0.39 is 12.6 Å². The normalized spacial score (nSPS) is 8.17. The van der Waals surface area contributed by atoms with E-state index in [-0.39, 0.29) is 0 Å². The molecule has 0 heterocycles. The van der Waals surface area contributed by atoms with E-state index in [1.807, 2.05) is 0 Å². The predicted molar refractivity (Wildman–Crippen MR) is 19.5 cm³/mol. The monoisotopic (exact) mass is 90.0 g/mol. The standard InChI is InChI=1S/C3H5FNO/c4-2-1-3(5)6/h1H,2H2,(H2,5,6). The number of rotatable bonds is 2. The molecular formula is C3H5FNO. The Labute approximate surface area is 35.1 Å². The highest BCUT2D eigenvalue weighted by molar-refractivity contribution is 5.82. The summed E-state index contributed by atoms with van der Waals surface area (Å²) in [5.74, 6) is -0.711. The molecule has 3 heteroatoms. The first-order valence-electron chi connectivity index (χ1n) is 1.46. The van der Waals surface area contributed by atoms with E-state index in [1.165, 1.54) is 0 Å². The molecule has 0 saturated heterocycles. The predicted octanol–water partition coefficient (Wildman–Crippen LogP) is -0.355. The summed E-state index contributed by atoms with van der Waals surface area (Å²) in [4.78, 5) is 9.53. The lowest BCUT2D eigenvalue weighted by Crippen LogP contribution is -2.11. The first-order chi connectivity index (χ1) is 2.77. The summed E-state index contributed by atoms with van der Waals surface area (Å²) in [6.07, 6.45) is 0.764. The van der Waals surface area contributed by atoms with Crippen LogP contribution in [0.5, 0.6) is 0 Å². The average molecular weight is 90.1 g/mol. The van der Waals surface area contributed by atoms with Crippen LogP contribution >= 0.6 is 0 Å². The Morgan fingerprint density at radius 3 is 2.50 bits per heavy atom. The van der Waals surface area contributed by atoms with E-state index in [4.69, 9.17) is 0 Å². The quantitative estimate of drug-likeness (QED) is 0.494. The minimum absolute atomic E-state index is 0.711. The summed E-state index contributed by atoms with van der Waals surface area (Å²) >= 11 is 0. The SMILES string of the molecule is NC(=O)[CH]CF. The molecule has 6 heavy (non-hydrogen) atoms. The zero-order valence-electron chi connectivity index (χ0n) is 3.15. The van der Waals surface area contributed by atoms with Crippen LogP contribution in [0.2, 0.25) is 0 Å². The highest BCUT2D eigenvalue weighted by Gasteiger charge is 1.88. The lowest BCUT2D eigenvalue weighted by Gasteiger charge is -1.78. The number of primary amides is 1. The fraction of sp³-hybridized carbons (Fsp3) is 0.333. The number of halogens is 1. The van der Waals surface area contributed by atoms with Crippen molar-refractivity contribution in [2.75, 3.05) is 6.67 Å². The van der Waals surface area contributed by atoms with Gasteiger partial charge in [0.15, 0.2) is 0 Å². The molecule has 0 aromatic heterocycles. The van der Waals surface area contributed by atoms with Gasteiger partial charge in [-0.05, 0) is 0 Å². The van der Waals surface area contributed by atoms with Crippen molar-refractivity contribution in [1.82, 2.24) is 0 Å². The van der Waals surface area contributed by atoms with Crippen molar-refractivity contribution in [2.24, 2.45) is 5.73 Å². The molecule has 0 spiro atoms. The Balaban J connectivity index is 2.83. The van der Waals surface area contributed by atoms with Gasteiger partial charge in [0.1, 0.15) is 6.67 Å². The van der Waals surface area contributed by atoms with Crippen LogP contribution in [0.25, 0.3) is 0 Å². The Bertz CT molecular complexity index is 54.8. The molecule has 2 nitrogen and oxygen atoms in total. The van der Waals surface area contributed by atoms with Crippen LogP contribution in [0.15, 0.2) is 0 Å². The van der Waals surface area contributed by atoms with E-state index in [9.17, 15) is 9.18 Å². The summed E-state index contributed by atoms with van der Waals surface area (Å²) in [6, 6.07) is 0. The minimum Gasteiger partial charge on any atom is -0.369 e. The number of carbonyl (C=O) groups is 1. The summed E-state index contributed by atoms with van der Waals surface area (Å²) in [6.45, 7) is -0.769. The molecule has 0 unspecified atom stereocenters. The fourth-order valence-electron chi connectivity index (χ4n) is 0.0760. The summed E-state index contributed by atoms with van der Waals surface area (Å²) in [5.41, 5.74) is 4.47. The zero-order chi connectivity index (χ0) is 4.99. The van der Waals surface area contributed by atoms with E-state index in [0.29, 0.717) is 0 Å². The molecule has 0 aliphatic rings.